The first-order chi connectivity index (χ1) is 10.7. The van der Waals surface area contributed by atoms with Crippen molar-refractivity contribution in [1.29, 1.82) is 0 Å². The van der Waals surface area contributed by atoms with E-state index in [1.165, 1.54) is 11.9 Å². The lowest BCUT2D eigenvalue weighted by atomic mass is 10.2. The van der Waals surface area contributed by atoms with Gasteiger partial charge in [-0.05, 0) is 38.4 Å². The molecule has 5 heteroatoms. The van der Waals surface area contributed by atoms with Crippen LogP contribution in [-0.4, -0.2) is 31.0 Å². The molecule has 0 aliphatic carbocycles. The topological polar surface area (TPSA) is 49.7 Å². The van der Waals surface area contributed by atoms with Crippen LogP contribution in [0.25, 0.3) is 11.0 Å². The number of hydrogen-bond acceptors (Lipinski definition) is 3. The summed E-state index contributed by atoms with van der Waals surface area (Å²) in [6, 6.07) is 8.70. The van der Waals surface area contributed by atoms with Gasteiger partial charge in [-0.2, -0.15) is 0 Å². The number of benzene rings is 1. The maximum atomic E-state index is 4.80. The molecule has 2 aromatic heterocycles. The van der Waals surface area contributed by atoms with Crippen molar-refractivity contribution in [2.24, 2.45) is 7.05 Å². The van der Waals surface area contributed by atoms with E-state index in [1.54, 1.807) is 0 Å². The van der Waals surface area contributed by atoms with Gasteiger partial charge in [-0.15, -0.1) is 0 Å². The molecule has 1 saturated heterocycles. The minimum atomic E-state index is 0.383. The highest BCUT2D eigenvalue weighted by molar-refractivity contribution is 5.75. The van der Waals surface area contributed by atoms with Gasteiger partial charge in [0, 0.05) is 18.9 Å². The number of nitrogens with one attached hydrogen (secondary N) is 1. The van der Waals surface area contributed by atoms with Crippen molar-refractivity contribution in [1.82, 2.24) is 24.4 Å². The molecule has 3 heterocycles. The van der Waals surface area contributed by atoms with E-state index in [0.717, 1.165) is 42.4 Å². The Morgan fingerprint density at radius 2 is 2.18 bits per heavy atom. The van der Waals surface area contributed by atoms with Gasteiger partial charge in [0.05, 0.1) is 23.6 Å². The summed E-state index contributed by atoms with van der Waals surface area (Å²) in [5, 5.41) is 0. The number of para-hydroxylation sites is 2. The number of aromatic nitrogens is 4. The smallest absolute Gasteiger partial charge is 0.123 e. The molecule has 0 spiro atoms. The van der Waals surface area contributed by atoms with E-state index in [-0.39, 0.29) is 0 Å². The number of nitrogens with zero attached hydrogens (tertiary/aromatic N) is 4. The van der Waals surface area contributed by atoms with Gasteiger partial charge in [-0.25, -0.2) is 9.97 Å². The van der Waals surface area contributed by atoms with Crippen molar-refractivity contribution in [3.63, 3.8) is 0 Å². The van der Waals surface area contributed by atoms with Crippen LogP contribution in [0.4, 0.5) is 0 Å². The van der Waals surface area contributed by atoms with Gasteiger partial charge in [0.25, 0.3) is 0 Å². The quantitative estimate of drug-likeness (QED) is 0.808. The lowest BCUT2D eigenvalue weighted by Crippen LogP contribution is -2.25. The van der Waals surface area contributed by atoms with Crippen molar-refractivity contribution in [3.8, 4) is 0 Å². The molecule has 4 rings (SSSR count). The summed E-state index contributed by atoms with van der Waals surface area (Å²) in [6.07, 6.45) is 4.30. The first kappa shape index (κ1) is 13.5. The van der Waals surface area contributed by atoms with Crippen molar-refractivity contribution in [2.45, 2.75) is 32.4 Å². The average molecular weight is 295 g/mol. The summed E-state index contributed by atoms with van der Waals surface area (Å²) in [7, 11) is 2.10. The van der Waals surface area contributed by atoms with Gasteiger partial charge in [0.2, 0.25) is 0 Å². The molecule has 1 aromatic carbocycles. The minimum absolute atomic E-state index is 0.383. The van der Waals surface area contributed by atoms with Gasteiger partial charge in [-0.1, -0.05) is 12.1 Å². The first-order valence-electron chi connectivity index (χ1n) is 7.88. The predicted molar refractivity (Wildman–Crippen MR) is 86.4 cm³/mol. The molecule has 1 atom stereocenters. The maximum absolute atomic E-state index is 4.80. The van der Waals surface area contributed by atoms with E-state index in [4.69, 9.17) is 4.98 Å². The zero-order chi connectivity index (χ0) is 15.1. The van der Waals surface area contributed by atoms with Crippen LogP contribution in [0.3, 0.4) is 0 Å². The Morgan fingerprint density at radius 3 is 2.95 bits per heavy atom. The molecule has 114 valence electrons. The summed E-state index contributed by atoms with van der Waals surface area (Å²) in [5.74, 6) is 2.21. The highest BCUT2D eigenvalue weighted by Gasteiger charge is 2.29. The van der Waals surface area contributed by atoms with Crippen LogP contribution in [0.2, 0.25) is 0 Å². The maximum Gasteiger partial charge on any atom is 0.123 e. The molecule has 1 fully saturated rings. The minimum Gasteiger partial charge on any atom is -0.345 e. The van der Waals surface area contributed by atoms with Crippen molar-refractivity contribution < 1.29 is 0 Å². The molecule has 0 saturated carbocycles. The molecular formula is C17H21N5. The molecule has 5 nitrogen and oxygen atoms in total. The standard InChI is InChI=1S/C17H21N5/c1-12-10-18-17(19-12)15-8-5-9-22(15)11-16-20-13-6-3-4-7-14(13)21(16)2/h3-4,6-7,10,15H,5,8-9,11H2,1-2H3,(H,18,19)/t15-/m1/s1. The molecule has 1 aliphatic heterocycles. The van der Waals surface area contributed by atoms with Gasteiger partial charge in [0.15, 0.2) is 0 Å². The van der Waals surface area contributed by atoms with Crippen LogP contribution in [0.5, 0.6) is 0 Å². The Hall–Kier alpha value is -2.14. The van der Waals surface area contributed by atoms with E-state index >= 15 is 0 Å². The lowest BCUT2D eigenvalue weighted by Gasteiger charge is -2.22. The second-order valence-electron chi connectivity index (χ2n) is 6.16. The Bertz CT molecular complexity index is 800. The highest BCUT2D eigenvalue weighted by atomic mass is 15.2. The Balaban J connectivity index is 1.62. The van der Waals surface area contributed by atoms with Crippen LogP contribution >= 0.6 is 0 Å². The summed E-state index contributed by atoms with van der Waals surface area (Å²) < 4.78 is 2.21. The zero-order valence-corrected chi connectivity index (χ0v) is 13.1. The molecule has 22 heavy (non-hydrogen) atoms. The molecular weight excluding hydrogens is 274 g/mol. The third-order valence-corrected chi connectivity index (χ3v) is 4.63. The van der Waals surface area contributed by atoms with Gasteiger partial charge in [-0.3, -0.25) is 4.90 Å². The number of likely N-dealkylation sites (tertiary alicyclic amines) is 1. The molecule has 0 unspecified atom stereocenters. The molecule has 1 N–H and O–H groups in total. The summed E-state index contributed by atoms with van der Waals surface area (Å²) in [5.41, 5.74) is 3.40. The third-order valence-electron chi connectivity index (χ3n) is 4.63. The largest absolute Gasteiger partial charge is 0.345 e. The van der Waals surface area contributed by atoms with Crippen LogP contribution in [0.15, 0.2) is 30.5 Å². The molecule has 1 aliphatic rings. The molecule has 3 aromatic rings. The number of imidazole rings is 2. The number of fused-ring (bicyclic) bond motifs is 1. The van der Waals surface area contributed by atoms with Crippen molar-refractivity contribution >= 4 is 11.0 Å². The second kappa shape index (κ2) is 5.25. The van der Waals surface area contributed by atoms with Gasteiger partial charge >= 0.3 is 0 Å². The van der Waals surface area contributed by atoms with Crippen LogP contribution in [-0.2, 0) is 13.6 Å². The van der Waals surface area contributed by atoms with E-state index in [2.05, 4.69) is 51.6 Å². The number of aromatic amines is 1. The number of aryl methyl sites for hydroxylation is 2. The van der Waals surface area contributed by atoms with E-state index in [1.807, 2.05) is 12.3 Å². The Morgan fingerprint density at radius 1 is 1.32 bits per heavy atom. The third kappa shape index (κ3) is 2.22. The van der Waals surface area contributed by atoms with E-state index < -0.39 is 0 Å². The SMILES string of the molecule is Cc1cnc([C@H]2CCCN2Cc2nc3ccccc3n2C)[nH]1. The van der Waals surface area contributed by atoms with Crippen LogP contribution in [0, 0.1) is 6.92 Å². The zero-order valence-electron chi connectivity index (χ0n) is 13.1. The monoisotopic (exact) mass is 295 g/mol. The van der Waals surface area contributed by atoms with Crippen LogP contribution in [0.1, 0.15) is 36.2 Å². The molecule has 0 radical (unpaired) electrons. The highest BCUT2D eigenvalue weighted by Crippen LogP contribution is 2.31. The predicted octanol–water partition coefficient (Wildman–Crippen LogP) is 2.94. The normalized spacial score (nSPS) is 19.3. The van der Waals surface area contributed by atoms with Crippen LogP contribution < -0.4 is 0 Å². The lowest BCUT2D eigenvalue weighted by molar-refractivity contribution is 0.233. The fourth-order valence-corrected chi connectivity index (χ4v) is 3.45. The Labute approximate surface area is 130 Å². The molecule has 0 bridgehead atoms. The van der Waals surface area contributed by atoms with Gasteiger partial charge < -0.3 is 9.55 Å². The fraction of sp³-hybridized carbons (Fsp3) is 0.412. The van der Waals surface area contributed by atoms with E-state index in [0.29, 0.717) is 6.04 Å². The summed E-state index contributed by atoms with van der Waals surface area (Å²) in [4.78, 5) is 15.2. The average Bonchev–Trinajstić information content (AvgIpc) is 3.21. The van der Waals surface area contributed by atoms with Crippen molar-refractivity contribution in [2.75, 3.05) is 6.54 Å². The fourth-order valence-electron chi connectivity index (χ4n) is 3.45. The molecule has 0 amide bonds. The van der Waals surface area contributed by atoms with Crippen molar-refractivity contribution in [3.05, 3.63) is 47.8 Å². The summed E-state index contributed by atoms with van der Waals surface area (Å²) in [6.45, 7) is 4.03. The summed E-state index contributed by atoms with van der Waals surface area (Å²) >= 11 is 0. The first-order valence-corrected chi connectivity index (χ1v) is 7.88. The number of H-pyrrole nitrogens is 1. The Kier molecular flexibility index (Phi) is 3.22. The van der Waals surface area contributed by atoms with Gasteiger partial charge in [0.1, 0.15) is 11.6 Å². The number of rotatable bonds is 3. The second-order valence-corrected chi connectivity index (χ2v) is 6.16. The number of hydrogen-bond donors (Lipinski definition) is 1. The van der Waals surface area contributed by atoms with E-state index in [9.17, 15) is 0 Å².